The molecule has 3 aromatic rings. The lowest BCUT2D eigenvalue weighted by atomic mass is 10.1. The summed E-state index contributed by atoms with van der Waals surface area (Å²) >= 11 is 0. The van der Waals surface area contributed by atoms with Crippen molar-refractivity contribution >= 4 is 17.7 Å². The van der Waals surface area contributed by atoms with E-state index in [1.54, 1.807) is 35.1 Å². The predicted molar refractivity (Wildman–Crippen MR) is 108 cm³/mol. The lowest BCUT2D eigenvalue weighted by Gasteiger charge is -2.05. The summed E-state index contributed by atoms with van der Waals surface area (Å²) in [6.07, 6.45) is 3.16. The molecule has 0 unspecified atom stereocenters. The zero-order valence-corrected chi connectivity index (χ0v) is 15.6. The maximum absolute atomic E-state index is 12.3. The first kappa shape index (κ1) is 19.8. The third kappa shape index (κ3) is 5.52. The summed E-state index contributed by atoms with van der Waals surface area (Å²) in [5.41, 5.74) is 9.11. The highest BCUT2D eigenvalue weighted by Gasteiger charge is 2.09. The van der Waals surface area contributed by atoms with Gasteiger partial charge in [0.25, 0.3) is 5.91 Å². The Morgan fingerprint density at radius 1 is 1.00 bits per heavy atom. The number of nitrogen functional groups attached to an aromatic ring is 1. The van der Waals surface area contributed by atoms with Crippen LogP contribution in [0.5, 0.6) is 0 Å². The molecule has 29 heavy (non-hydrogen) atoms. The van der Waals surface area contributed by atoms with Crippen LogP contribution in [0.15, 0.2) is 60.9 Å². The van der Waals surface area contributed by atoms with E-state index in [9.17, 15) is 9.59 Å². The molecule has 0 radical (unpaired) electrons. The van der Waals surface area contributed by atoms with Crippen LogP contribution in [0, 0.1) is 5.41 Å². The van der Waals surface area contributed by atoms with Crippen LogP contribution in [0.2, 0.25) is 0 Å². The number of carbonyl (C=O) groups excluding carboxylic acids is 1. The number of hydrogen-bond acceptors (Lipinski definition) is 4. The van der Waals surface area contributed by atoms with E-state index >= 15 is 0 Å². The molecule has 8 nitrogen and oxygen atoms in total. The maximum Gasteiger partial charge on any atom is 0.307 e. The second-order valence-electron chi connectivity index (χ2n) is 6.61. The smallest absolute Gasteiger partial charge is 0.307 e. The molecule has 1 aromatic heterocycles. The van der Waals surface area contributed by atoms with Gasteiger partial charge in [0.15, 0.2) is 0 Å². The van der Waals surface area contributed by atoms with Gasteiger partial charge in [-0.2, -0.15) is 5.10 Å². The number of nitrogens with zero attached hydrogens (tertiary/aromatic N) is 2. The van der Waals surface area contributed by atoms with E-state index in [1.165, 1.54) is 6.20 Å². The number of aliphatic carboxylic acids is 1. The summed E-state index contributed by atoms with van der Waals surface area (Å²) in [5.74, 6) is -1.09. The Morgan fingerprint density at radius 2 is 1.62 bits per heavy atom. The van der Waals surface area contributed by atoms with Gasteiger partial charge in [-0.1, -0.05) is 48.5 Å². The number of carboxylic acids is 1. The summed E-state index contributed by atoms with van der Waals surface area (Å²) in [7, 11) is 0. The average molecular weight is 391 g/mol. The minimum Gasteiger partial charge on any atom is -0.481 e. The van der Waals surface area contributed by atoms with Gasteiger partial charge in [-0.05, 0) is 16.7 Å². The highest BCUT2D eigenvalue weighted by molar-refractivity contribution is 5.95. The molecule has 0 spiro atoms. The molecule has 0 aliphatic rings. The molecular weight excluding hydrogens is 370 g/mol. The van der Waals surface area contributed by atoms with Gasteiger partial charge in [-0.15, -0.1) is 0 Å². The summed E-state index contributed by atoms with van der Waals surface area (Å²) < 4.78 is 1.66. The lowest BCUT2D eigenvalue weighted by Crippen LogP contribution is -2.22. The Hall–Kier alpha value is -3.94. The molecule has 0 aliphatic heterocycles. The van der Waals surface area contributed by atoms with Gasteiger partial charge in [0.1, 0.15) is 5.84 Å². The number of carboxylic acid groups (broad SMARTS) is 1. The van der Waals surface area contributed by atoms with E-state index in [1.807, 2.05) is 24.3 Å². The van der Waals surface area contributed by atoms with Gasteiger partial charge in [0.05, 0.1) is 24.7 Å². The normalized spacial score (nSPS) is 10.5. The average Bonchev–Trinajstić information content (AvgIpc) is 3.16. The number of amides is 1. The van der Waals surface area contributed by atoms with Gasteiger partial charge in [0.2, 0.25) is 0 Å². The van der Waals surface area contributed by atoms with Crippen LogP contribution in [-0.2, 0) is 24.3 Å². The van der Waals surface area contributed by atoms with Crippen molar-refractivity contribution in [2.75, 3.05) is 0 Å². The van der Waals surface area contributed by atoms with E-state index in [0.717, 1.165) is 16.7 Å². The molecule has 0 fully saturated rings. The topological polar surface area (TPSA) is 134 Å². The molecule has 0 saturated carbocycles. The van der Waals surface area contributed by atoms with Crippen molar-refractivity contribution in [2.45, 2.75) is 19.5 Å². The van der Waals surface area contributed by atoms with Crippen LogP contribution in [0.25, 0.3) is 0 Å². The molecular formula is C21H21N5O3. The number of aromatic nitrogens is 2. The molecule has 1 amide bonds. The molecule has 0 saturated heterocycles. The van der Waals surface area contributed by atoms with Crippen molar-refractivity contribution in [3.05, 3.63) is 88.7 Å². The van der Waals surface area contributed by atoms with Crippen molar-refractivity contribution < 1.29 is 14.7 Å². The van der Waals surface area contributed by atoms with E-state index in [4.69, 9.17) is 16.2 Å². The minimum atomic E-state index is -0.865. The molecule has 148 valence electrons. The van der Waals surface area contributed by atoms with Gasteiger partial charge >= 0.3 is 5.97 Å². The number of carbonyl (C=O) groups is 2. The first-order chi connectivity index (χ1) is 13.9. The predicted octanol–water partition coefficient (Wildman–Crippen LogP) is 1.77. The number of nitrogens with two attached hydrogens (primary N) is 1. The number of nitrogens with one attached hydrogen (secondary N) is 2. The molecule has 2 aromatic carbocycles. The van der Waals surface area contributed by atoms with E-state index < -0.39 is 5.97 Å². The fourth-order valence-corrected chi connectivity index (χ4v) is 2.78. The van der Waals surface area contributed by atoms with Crippen LogP contribution in [0.3, 0.4) is 0 Å². The Kier molecular flexibility index (Phi) is 6.03. The van der Waals surface area contributed by atoms with Crippen molar-refractivity contribution in [3.8, 4) is 0 Å². The van der Waals surface area contributed by atoms with Crippen LogP contribution < -0.4 is 11.1 Å². The molecule has 8 heteroatoms. The van der Waals surface area contributed by atoms with Gasteiger partial charge in [-0.3, -0.25) is 19.7 Å². The van der Waals surface area contributed by atoms with E-state index in [0.29, 0.717) is 24.2 Å². The SMILES string of the molecule is N=C(N)c1ccc(CNC(=O)c2cnn(Cc3ccc(CC(=O)O)cc3)c2)cc1. The van der Waals surface area contributed by atoms with Crippen LogP contribution in [0.1, 0.15) is 32.6 Å². The maximum atomic E-state index is 12.3. The third-order valence-corrected chi connectivity index (χ3v) is 4.34. The number of benzene rings is 2. The first-order valence-electron chi connectivity index (χ1n) is 8.94. The molecule has 0 bridgehead atoms. The highest BCUT2D eigenvalue weighted by atomic mass is 16.4. The second kappa shape index (κ2) is 8.83. The Labute approximate surface area is 167 Å². The first-order valence-corrected chi connectivity index (χ1v) is 8.94. The molecule has 0 atom stereocenters. The fourth-order valence-electron chi connectivity index (χ4n) is 2.78. The minimum absolute atomic E-state index is 0.00419. The zero-order chi connectivity index (χ0) is 20.8. The van der Waals surface area contributed by atoms with Gasteiger partial charge in [0, 0.05) is 18.3 Å². The summed E-state index contributed by atoms with van der Waals surface area (Å²) in [6, 6.07) is 14.4. The summed E-state index contributed by atoms with van der Waals surface area (Å²) in [4.78, 5) is 23.1. The zero-order valence-electron chi connectivity index (χ0n) is 15.6. The van der Waals surface area contributed by atoms with Gasteiger partial charge in [-0.25, -0.2) is 0 Å². The van der Waals surface area contributed by atoms with Crippen molar-refractivity contribution in [2.24, 2.45) is 5.73 Å². The van der Waals surface area contributed by atoms with E-state index in [2.05, 4.69) is 10.4 Å². The second-order valence-corrected chi connectivity index (χ2v) is 6.61. The number of hydrogen-bond donors (Lipinski definition) is 4. The molecule has 0 aliphatic carbocycles. The standard InChI is InChI=1S/C21H21N5O3/c22-20(23)17-7-5-15(6-8-17)10-24-21(29)18-11-25-26(13-18)12-16-3-1-14(2-4-16)9-19(27)28/h1-8,11,13H,9-10,12H2,(H3,22,23)(H,24,29)(H,27,28). The number of amidine groups is 1. The molecule has 1 heterocycles. The van der Waals surface area contributed by atoms with Gasteiger partial charge < -0.3 is 16.2 Å². The van der Waals surface area contributed by atoms with Crippen molar-refractivity contribution in [1.29, 1.82) is 5.41 Å². The molecule has 3 rings (SSSR count). The fraction of sp³-hybridized carbons (Fsp3) is 0.143. The third-order valence-electron chi connectivity index (χ3n) is 4.34. The highest BCUT2D eigenvalue weighted by Crippen LogP contribution is 2.09. The Balaban J connectivity index is 1.55. The lowest BCUT2D eigenvalue weighted by molar-refractivity contribution is -0.136. The van der Waals surface area contributed by atoms with Crippen LogP contribution in [0.4, 0.5) is 0 Å². The van der Waals surface area contributed by atoms with E-state index in [-0.39, 0.29) is 18.2 Å². The molecule has 5 N–H and O–H groups in total. The van der Waals surface area contributed by atoms with Crippen LogP contribution in [-0.4, -0.2) is 32.6 Å². The summed E-state index contributed by atoms with van der Waals surface area (Å²) in [5, 5.41) is 23.2. The Bertz CT molecular complexity index is 1020. The van der Waals surface area contributed by atoms with Crippen LogP contribution >= 0.6 is 0 Å². The monoisotopic (exact) mass is 391 g/mol. The van der Waals surface area contributed by atoms with Crippen molar-refractivity contribution in [3.63, 3.8) is 0 Å². The number of rotatable bonds is 8. The quantitative estimate of drug-likeness (QED) is 0.343. The largest absolute Gasteiger partial charge is 0.481 e. The Morgan fingerprint density at radius 3 is 2.24 bits per heavy atom. The van der Waals surface area contributed by atoms with Crippen molar-refractivity contribution in [1.82, 2.24) is 15.1 Å². The summed E-state index contributed by atoms with van der Waals surface area (Å²) in [6.45, 7) is 0.834.